The molecule has 28 heavy (non-hydrogen) atoms. The third kappa shape index (κ3) is 4.04. The van der Waals surface area contributed by atoms with Crippen LogP contribution in [0.3, 0.4) is 0 Å². The van der Waals surface area contributed by atoms with E-state index in [1.165, 1.54) is 0 Å². The molecule has 3 rings (SSSR count). The molecule has 0 aliphatic carbocycles. The molecular formula is C21H25ClN2O3S. The van der Waals surface area contributed by atoms with Crippen molar-refractivity contribution in [3.05, 3.63) is 65.3 Å². The van der Waals surface area contributed by atoms with Gasteiger partial charge in [0.25, 0.3) is 0 Å². The van der Waals surface area contributed by atoms with Gasteiger partial charge in [0.2, 0.25) is 10.0 Å². The van der Waals surface area contributed by atoms with Gasteiger partial charge in [-0.05, 0) is 48.7 Å². The number of anilines is 1. The van der Waals surface area contributed by atoms with Crippen LogP contribution in [0.2, 0.25) is 5.02 Å². The average Bonchev–Trinajstić information content (AvgIpc) is 3.09. The van der Waals surface area contributed by atoms with Gasteiger partial charge in [-0.2, -0.15) is 0 Å². The summed E-state index contributed by atoms with van der Waals surface area (Å²) in [7, 11) is -1.67. The fourth-order valence-corrected chi connectivity index (χ4v) is 4.52. The predicted molar refractivity (Wildman–Crippen MR) is 116 cm³/mol. The van der Waals surface area contributed by atoms with E-state index >= 15 is 0 Å². The molecule has 0 aliphatic heterocycles. The zero-order valence-electron chi connectivity index (χ0n) is 16.3. The van der Waals surface area contributed by atoms with Crippen LogP contribution in [0.1, 0.15) is 25.3 Å². The Bertz CT molecular complexity index is 1060. The lowest BCUT2D eigenvalue weighted by Crippen LogP contribution is -2.35. The predicted octanol–water partition coefficient (Wildman–Crippen LogP) is 4.86. The van der Waals surface area contributed by atoms with Crippen molar-refractivity contribution in [2.75, 3.05) is 24.7 Å². The molecule has 0 aliphatic rings. The monoisotopic (exact) mass is 420 g/mol. The van der Waals surface area contributed by atoms with Gasteiger partial charge in [0.05, 0.1) is 23.0 Å². The molecule has 3 aromatic rings. The maximum Gasteiger partial charge on any atom is 0.229 e. The molecule has 2 aromatic carbocycles. The molecule has 0 radical (unpaired) electrons. The van der Waals surface area contributed by atoms with Gasteiger partial charge in [-0.1, -0.05) is 36.7 Å². The lowest BCUT2D eigenvalue weighted by Gasteiger charge is -2.36. The minimum absolute atomic E-state index is 0.341. The van der Waals surface area contributed by atoms with Crippen molar-refractivity contribution in [3.8, 4) is 0 Å². The normalized spacial score (nSPS) is 14.1. The number of fused-ring (bicyclic) bond motifs is 1. The van der Waals surface area contributed by atoms with Crippen LogP contribution in [-0.4, -0.2) is 33.0 Å². The highest BCUT2D eigenvalue weighted by Crippen LogP contribution is 2.39. The molecule has 150 valence electrons. The second kappa shape index (κ2) is 8.15. The van der Waals surface area contributed by atoms with Gasteiger partial charge in [0.15, 0.2) is 0 Å². The molecule has 0 bridgehead atoms. The van der Waals surface area contributed by atoms with Crippen molar-refractivity contribution in [3.63, 3.8) is 0 Å². The van der Waals surface area contributed by atoms with E-state index in [9.17, 15) is 8.42 Å². The van der Waals surface area contributed by atoms with Gasteiger partial charge in [0.1, 0.15) is 0 Å². The number of ether oxygens (including phenoxy) is 1. The summed E-state index contributed by atoms with van der Waals surface area (Å²) < 4.78 is 33.8. The molecule has 0 amide bonds. The van der Waals surface area contributed by atoms with Crippen LogP contribution in [0.4, 0.5) is 5.69 Å². The van der Waals surface area contributed by atoms with Crippen LogP contribution in [0.25, 0.3) is 10.9 Å². The van der Waals surface area contributed by atoms with E-state index in [1.54, 1.807) is 13.2 Å². The second-order valence-electron chi connectivity index (χ2n) is 6.93. The molecule has 0 fully saturated rings. The van der Waals surface area contributed by atoms with Gasteiger partial charge < -0.3 is 9.30 Å². The fraction of sp³-hybridized carbons (Fsp3) is 0.333. The molecule has 0 saturated carbocycles. The Morgan fingerprint density at radius 1 is 1.14 bits per heavy atom. The number of nitrogens with one attached hydrogen (secondary N) is 1. The lowest BCUT2D eigenvalue weighted by atomic mass is 9.83. The molecule has 1 heterocycles. The summed E-state index contributed by atoms with van der Waals surface area (Å²) in [6, 6.07) is 15.5. The largest absolute Gasteiger partial charge is 0.385 e. The van der Waals surface area contributed by atoms with Crippen molar-refractivity contribution in [2.24, 2.45) is 0 Å². The summed E-state index contributed by atoms with van der Waals surface area (Å²) in [5.74, 6) is 0. The third-order valence-corrected chi connectivity index (χ3v) is 6.02. The van der Waals surface area contributed by atoms with Crippen molar-refractivity contribution >= 4 is 38.2 Å². The Balaban J connectivity index is 2.21. The molecule has 0 saturated heterocycles. The minimum Gasteiger partial charge on any atom is -0.385 e. The van der Waals surface area contributed by atoms with E-state index in [0.717, 1.165) is 35.6 Å². The van der Waals surface area contributed by atoms with Crippen LogP contribution >= 0.6 is 11.6 Å². The highest BCUT2D eigenvalue weighted by Gasteiger charge is 2.33. The summed E-state index contributed by atoms with van der Waals surface area (Å²) in [6.07, 6.45) is 4.79. The van der Waals surface area contributed by atoms with E-state index in [-0.39, 0.29) is 5.54 Å². The van der Waals surface area contributed by atoms with Crippen molar-refractivity contribution in [1.29, 1.82) is 0 Å². The zero-order chi connectivity index (χ0) is 20.4. The van der Waals surface area contributed by atoms with Gasteiger partial charge in [-0.25, -0.2) is 8.42 Å². The van der Waals surface area contributed by atoms with E-state index in [4.69, 9.17) is 16.3 Å². The van der Waals surface area contributed by atoms with E-state index < -0.39 is 10.0 Å². The highest BCUT2D eigenvalue weighted by molar-refractivity contribution is 7.92. The highest BCUT2D eigenvalue weighted by atomic mass is 35.5. The first-order valence-electron chi connectivity index (χ1n) is 9.14. The fourth-order valence-electron chi connectivity index (χ4n) is 3.82. The third-order valence-electron chi connectivity index (χ3n) is 5.18. The van der Waals surface area contributed by atoms with E-state index in [0.29, 0.717) is 17.3 Å². The molecule has 7 heteroatoms. The Morgan fingerprint density at radius 2 is 1.86 bits per heavy atom. The van der Waals surface area contributed by atoms with E-state index in [2.05, 4.69) is 16.2 Å². The maximum atomic E-state index is 11.8. The van der Waals surface area contributed by atoms with Crippen LogP contribution in [-0.2, 0) is 20.3 Å². The van der Waals surface area contributed by atoms with Crippen LogP contribution in [0.5, 0.6) is 0 Å². The Morgan fingerprint density at radius 3 is 2.46 bits per heavy atom. The molecule has 1 unspecified atom stereocenters. The zero-order valence-corrected chi connectivity index (χ0v) is 17.8. The van der Waals surface area contributed by atoms with Crippen molar-refractivity contribution in [1.82, 2.24) is 4.57 Å². The number of hydrogen-bond acceptors (Lipinski definition) is 3. The number of hydrogen-bond donors (Lipinski definition) is 1. The molecule has 5 nitrogen and oxygen atoms in total. The summed E-state index contributed by atoms with van der Waals surface area (Å²) in [4.78, 5) is 0. The summed E-state index contributed by atoms with van der Waals surface area (Å²) in [5, 5.41) is 1.55. The topological polar surface area (TPSA) is 60.3 Å². The van der Waals surface area contributed by atoms with Crippen LogP contribution < -0.4 is 4.72 Å². The van der Waals surface area contributed by atoms with E-state index in [1.807, 2.05) is 48.7 Å². The van der Waals surface area contributed by atoms with Gasteiger partial charge in [0, 0.05) is 30.3 Å². The summed E-state index contributed by atoms with van der Waals surface area (Å²) in [5.41, 5.74) is 2.33. The van der Waals surface area contributed by atoms with Gasteiger partial charge in [-0.15, -0.1) is 0 Å². The Hall–Kier alpha value is -2.02. The molecule has 1 aromatic heterocycles. The number of rotatable bonds is 8. The molecule has 1 atom stereocenters. The number of sulfonamides is 1. The SMILES string of the molecule is CCC(CCOC)(c1ccc(Cl)cc1)n1ccc2c(NS(C)(=O)=O)cccc21. The standard InChI is InChI=1S/C21H25ClN2O3S/c1-4-21(13-15-27-2,16-8-10-17(22)11-9-16)24-14-12-18-19(23-28(3,25)26)6-5-7-20(18)24/h5-12,14,23H,4,13,15H2,1-3H3. The van der Waals surface area contributed by atoms with Gasteiger partial charge in [-0.3, -0.25) is 4.72 Å². The molecule has 1 N–H and O–H groups in total. The Kier molecular flexibility index (Phi) is 6.03. The van der Waals surface area contributed by atoms with Gasteiger partial charge >= 0.3 is 0 Å². The smallest absolute Gasteiger partial charge is 0.229 e. The number of nitrogens with zero attached hydrogens (tertiary/aromatic N) is 1. The van der Waals surface area contributed by atoms with Crippen molar-refractivity contribution in [2.45, 2.75) is 25.3 Å². The number of benzene rings is 2. The maximum absolute atomic E-state index is 11.8. The first-order chi connectivity index (χ1) is 13.3. The molecule has 0 spiro atoms. The number of methoxy groups -OCH3 is 1. The Labute approximate surface area is 171 Å². The first-order valence-corrected chi connectivity index (χ1v) is 11.4. The second-order valence-corrected chi connectivity index (χ2v) is 9.12. The quantitative estimate of drug-likeness (QED) is 0.566. The van der Waals surface area contributed by atoms with Crippen LogP contribution in [0.15, 0.2) is 54.7 Å². The number of halogens is 1. The lowest BCUT2D eigenvalue weighted by molar-refractivity contribution is 0.155. The summed E-state index contributed by atoms with van der Waals surface area (Å²) in [6.45, 7) is 2.74. The first kappa shape index (κ1) is 20.7. The van der Waals surface area contributed by atoms with Crippen molar-refractivity contribution < 1.29 is 13.2 Å². The summed E-state index contributed by atoms with van der Waals surface area (Å²) >= 11 is 6.11. The molecular weight excluding hydrogens is 396 g/mol. The minimum atomic E-state index is -3.37. The average molecular weight is 421 g/mol. The number of aromatic nitrogens is 1. The van der Waals surface area contributed by atoms with Crippen LogP contribution in [0, 0.1) is 0 Å².